The number of epoxide rings is 1. The predicted octanol–water partition coefficient (Wildman–Crippen LogP) is 2.80. The summed E-state index contributed by atoms with van der Waals surface area (Å²) in [5, 5.41) is 2.72. The highest BCUT2D eigenvalue weighted by Gasteiger charge is 2.35. The van der Waals surface area contributed by atoms with Crippen molar-refractivity contribution in [3.63, 3.8) is 0 Å². The molecule has 1 aromatic rings. The van der Waals surface area contributed by atoms with Gasteiger partial charge in [0.2, 0.25) is 0 Å². The monoisotopic (exact) mass is 299 g/mol. The number of ether oxygens (including phenoxy) is 2. The maximum Gasteiger partial charge on any atom is 0.407 e. The van der Waals surface area contributed by atoms with Gasteiger partial charge in [0.25, 0.3) is 0 Å². The molecule has 2 rings (SSSR count). The van der Waals surface area contributed by atoms with E-state index in [1.54, 1.807) is 20.8 Å². The third-order valence-electron chi connectivity index (χ3n) is 2.95. The molecule has 1 aliphatic rings. The molecular formula is C15H19F2NO3. The van der Waals surface area contributed by atoms with E-state index in [-0.39, 0.29) is 12.1 Å². The lowest BCUT2D eigenvalue weighted by Crippen LogP contribution is -2.43. The van der Waals surface area contributed by atoms with Crippen LogP contribution in [-0.4, -0.2) is 30.4 Å². The molecule has 21 heavy (non-hydrogen) atoms. The van der Waals surface area contributed by atoms with Crippen molar-refractivity contribution >= 4 is 6.09 Å². The van der Waals surface area contributed by atoms with Crippen LogP contribution in [0.3, 0.4) is 0 Å². The zero-order valence-corrected chi connectivity index (χ0v) is 12.3. The van der Waals surface area contributed by atoms with Crippen LogP contribution in [0.2, 0.25) is 0 Å². The van der Waals surface area contributed by atoms with Crippen LogP contribution in [0, 0.1) is 11.6 Å². The van der Waals surface area contributed by atoms with Gasteiger partial charge in [-0.2, -0.15) is 0 Å². The third kappa shape index (κ3) is 4.97. The van der Waals surface area contributed by atoms with Gasteiger partial charge < -0.3 is 14.8 Å². The van der Waals surface area contributed by atoms with Crippen molar-refractivity contribution in [2.75, 3.05) is 6.61 Å². The van der Waals surface area contributed by atoms with Crippen molar-refractivity contribution in [2.45, 2.75) is 44.9 Å². The maximum absolute atomic E-state index is 13.2. The quantitative estimate of drug-likeness (QED) is 0.870. The van der Waals surface area contributed by atoms with Gasteiger partial charge in [-0.15, -0.1) is 0 Å². The average molecular weight is 299 g/mol. The van der Waals surface area contributed by atoms with Crippen molar-refractivity contribution in [3.05, 3.63) is 35.4 Å². The van der Waals surface area contributed by atoms with Crippen LogP contribution >= 0.6 is 0 Å². The van der Waals surface area contributed by atoms with Gasteiger partial charge in [0.15, 0.2) is 11.6 Å². The summed E-state index contributed by atoms with van der Waals surface area (Å²) in [7, 11) is 0. The van der Waals surface area contributed by atoms with Crippen LogP contribution in [0.25, 0.3) is 0 Å². The second kappa shape index (κ2) is 5.97. The number of benzene rings is 1. The van der Waals surface area contributed by atoms with Crippen LogP contribution in [0.4, 0.5) is 13.6 Å². The zero-order valence-electron chi connectivity index (χ0n) is 12.3. The van der Waals surface area contributed by atoms with Crippen LogP contribution in [0.15, 0.2) is 18.2 Å². The van der Waals surface area contributed by atoms with Gasteiger partial charge >= 0.3 is 6.09 Å². The Kier molecular flexibility index (Phi) is 4.46. The average Bonchev–Trinajstić information content (AvgIpc) is 3.14. The first-order chi connectivity index (χ1) is 9.74. The van der Waals surface area contributed by atoms with E-state index in [0.29, 0.717) is 18.6 Å². The molecule has 0 aliphatic carbocycles. The molecule has 0 aromatic heterocycles. The smallest absolute Gasteiger partial charge is 0.407 e. The molecule has 1 amide bonds. The second-order valence-corrected chi connectivity index (χ2v) is 6.08. The van der Waals surface area contributed by atoms with E-state index in [2.05, 4.69) is 5.32 Å². The number of amides is 1. The fourth-order valence-corrected chi connectivity index (χ4v) is 1.94. The summed E-state index contributed by atoms with van der Waals surface area (Å²) < 4.78 is 36.5. The molecule has 116 valence electrons. The maximum atomic E-state index is 13.2. The lowest BCUT2D eigenvalue weighted by molar-refractivity contribution is 0.0495. The van der Waals surface area contributed by atoms with E-state index in [4.69, 9.17) is 9.47 Å². The molecule has 6 heteroatoms. The van der Waals surface area contributed by atoms with Crippen LogP contribution in [0.5, 0.6) is 0 Å². The van der Waals surface area contributed by atoms with E-state index in [0.717, 1.165) is 12.1 Å². The number of hydrogen-bond donors (Lipinski definition) is 1. The van der Waals surface area contributed by atoms with E-state index >= 15 is 0 Å². The minimum atomic E-state index is -0.903. The molecular weight excluding hydrogens is 280 g/mol. The van der Waals surface area contributed by atoms with Crippen LogP contribution < -0.4 is 5.32 Å². The molecule has 0 radical (unpaired) electrons. The summed E-state index contributed by atoms with van der Waals surface area (Å²) in [5.41, 5.74) is -0.00782. The van der Waals surface area contributed by atoms with Gasteiger partial charge in [0, 0.05) is 0 Å². The Hall–Kier alpha value is -1.69. The minimum Gasteiger partial charge on any atom is -0.444 e. The van der Waals surface area contributed by atoms with Gasteiger partial charge in [-0.25, -0.2) is 13.6 Å². The normalized spacial score (nSPS) is 19.0. The Balaban J connectivity index is 1.99. The Morgan fingerprint density at radius 3 is 2.62 bits per heavy atom. The molecule has 0 bridgehead atoms. The van der Waals surface area contributed by atoms with Crippen molar-refractivity contribution in [2.24, 2.45) is 0 Å². The van der Waals surface area contributed by atoms with Gasteiger partial charge in [0.05, 0.1) is 12.6 Å². The Bertz CT molecular complexity index is 524. The number of rotatable bonds is 4. The number of carbonyl (C=O) groups excluding carboxylic acids is 1. The van der Waals surface area contributed by atoms with E-state index in [1.807, 2.05) is 0 Å². The Labute approximate surface area is 122 Å². The highest BCUT2D eigenvalue weighted by Crippen LogP contribution is 2.20. The molecule has 4 nitrogen and oxygen atoms in total. The van der Waals surface area contributed by atoms with Crippen LogP contribution in [0.1, 0.15) is 26.3 Å². The number of alkyl carbamates (subject to hydrolysis) is 1. The third-order valence-corrected chi connectivity index (χ3v) is 2.95. The van der Waals surface area contributed by atoms with E-state index in [9.17, 15) is 13.6 Å². The second-order valence-electron chi connectivity index (χ2n) is 6.08. The largest absolute Gasteiger partial charge is 0.444 e. The molecule has 0 saturated carbocycles. The van der Waals surface area contributed by atoms with Crippen molar-refractivity contribution in [3.8, 4) is 0 Å². The topological polar surface area (TPSA) is 50.9 Å². The molecule has 1 aliphatic heterocycles. The highest BCUT2D eigenvalue weighted by atomic mass is 19.2. The lowest BCUT2D eigenvalue weighted by atomic mass is 10.0. The lowest BCUT2D eigenvalue weighted by Gasteiger charge is -2.23. The summed E-state index contributed by atoms with van der Waals surface area (Å²) >= 11 is 0. The van der Waals surface area contributed by atoms with E-state index < -0.39 is 23.3 Å². The molecule has 2 atom stereocenters. The predicted molar refractivity (Wildman–Crippen MR) is 73.0 cm³/mol. The molecule has 1 fully saturated rings. The summed E-state index contributed by atoms with van der Waals surface area (Å²) in [6.07, 6.45) is -0.322. The van der Waals surface area contributed by atoms with Gasteiger partial charge in [-0.1, -0.05) is 6.07 Å². The SMILES string of the molecule is CC(C)(C)OC(=O)N[C@@H](Cc1ccc(F)c(F)c1)C1CO1. The first kappa shape index (κ1) is 15.7. The van der Waals surface area contributed by atoms with Crippen molar-refractivity contribution in [1.82, 2.24) is 5.32 Å². The summed E-state index contributed by atoms with van der Waals surface area (Å²) in [5.74, 6) is -1.79. The molecule has 1 heterocycles. The Morgan fingerprint density at radius 2 is 2.10 bits per heavy atom. The summed E-state index contributed by atoms with van der Waals surface area (Å²) in [6.45, 7) is 5.84. The number of hydrogen-bond acceptors (Lipinski definition) is 3. The minimum absolute atomic E-state index is 0.120. The first-order valence-corrected chi connectivity index (χ1v) is 6.79. The number of halogens is 2. The van der Waals surface area contributed by atoms with Gasteiger partial charge in [-0.3, -0.25) is 0 Å². The summed E-state index contributed by atoms with van der Waals surface area (Å²) in [6, 6.07) is 3.36. The summed E-state index contributed by atoms with van der Waals surface area (Å²) in [4.78, 5) is 11.8. The number of nitrogens with one attached hydrogen (secondary N) is 1. The molecule has 0 spiro atoms. The standard InChI is InChI=1S/C15H19F2NO3/c1-15(2,3)21-14(19)18-12(13-8-20-13)7-9-4-5-10(16)11(17)6-9/h4-6,12-13H,7-8H2,1-3H3,(H,18,19)/t12-,13?/m0/s1. The van der Waals surface area contributed by atoms with Crippen molar-refractivity contribution < 1.29 is 23.0 Å². The zero-order chi connectivity index (χ0) is 15.6. The first-order valence-electron chi connectivity index (χ1n) is 6.79. The fraction of sp³-hybridized carbons (Fsp3) is 0.533. The van der Waals surface area contributed by atoms with Crippen molar-refractivity contribution in [1.29, 1.82) is 0 Å². The Morgan fingerprint density at radius 1 is 1.43 bits per heavy atom. The molecule has 1 aromatic carbocycles. The van der Waals surface area contributed by atoms with Gasteiger partial charge in [-0.05, 0) is 44.9 Å². The number of carbonyl (C=O) groups is 1. The molecule has 1 N–H and O–H groups in total. The molecule has 1 saturated heterocycles. The fourth-order valence-electron chi connectivity index (χ4n) is 1.94. The van der Waals surface area contributed by atoms with E-state index in [1.165, 1.54) is 6.07 Å². The molecule has 1 unspecified atom stereocenters. The van der Waals surface area contributed by atoms with Crippen LogP contribution in [-0.2, 0) is 15.9 Å². The highest BCUT2D eigenvalue weighted by molar-refractivity contribution is 5.68. The van der Waals surface area contributed by atoms with Gasteiger partial charge in [0.1, 0.15) is 11.7 Å².